The van der Waals surface area contributed by atoms with Gasteiger partial charge < -0.3 is 4.74 Å². The van der Waals surface area contributed by atoms with Crippen molar-refractivity contribution in [2.45, 2.75) is 68.2 Å². The summed E-state index contributed by atoms with van der Waals surface area (Å²) in [6.45, 7) is 31.0. The van der Waals surface area contributed by atoms with E-state index in [0.717, 1.165) is 24.2 Å². The van der Waals surface area contributed by atoms with Crippen molar-refractivity contribution in [3.05, 3.63) is 48.2 Å². The van der Waals surface area contributed by atoms with E-state index in [0.29, 0.717) is 25.3 Å². The van der Waals surface area contributed by atoms with Crippen LogP contribution in [0.2, 0.25) is 0 Å². The highest BCUT2D eigenvalue weighted by Crippen LogP contribution is 2.21. The third-order valence-corrected chi connectivity index (χ3v) is 3.86. The monoisotopic (exact) mass is 436 g/mol. The number of nitrogens with zero attached hydrogens (tertiary/aromatic N) is 2. The first kappa shape index (κ1) is 33.5. The number of nitrogens with one attached hydrogen (secondary N) is 2. The first-order valence-electron chi connectivity index (χ1n) is 11.2. The lowest BCUT2D eigenvalue weighted by Crippen LogP contribution is -2.37. The summed E-state index contributed by atoms with van der Waals surface area (Å²) in [4.78, 5) is 10.3. The van der Waals surface area contributed by atoms with Gasteiger partial charge in [0.2, 0.25) is 0 Å². The number of carbonyl (C=O) groups is 1. The lowest BCUT2D eigenvalue weighted by molar-refractivity contribution is -0.131. The third kappa shape index (κ3) is 19.5. The summed E-state index contributed by atoms with van der Waals surface area (Å²) in [6, 6.07) is 0. The molecule has 0 atom stereocenters. The number of rotatable bonds is 10. The van der Waals surface area contributed by atoms with Crippen LogP contribution in [0.1, 0.15) is 68.2 Å². The van der Waals surface area contributed by atoms with Crippen molar-refractivity contribution in [2.75, 3.05) is 26.2 Å². The predicted molar refractivity (Wildman–Crippen MR) is 137 cm³/mol. The van der Waals surface area contributed by atoms with Crippen molar-refractivity contribution in [1.82, 2.24) is 15.9 Å². The standard InChI is InChI=1S/C17H26N2O2.C4H10N2.2C2H6/c1-8-9-14(2)15(3)10-16(4)19(18-7)11-17(5,6)12-21-13-20;1-2-4-6-5-3-1;2*1-2/h8-10,13H,2,4,7,11-12H2,1,3,5-6H3;5-6H,1-4H2;2*1-2H3/b9-8+,15-10+;;;. The van der Waals surface area contributed by atoms with E-state index >= 15 is 0 Å². The maximum atomic E-state index is 10.3. The molecule has 0 aromatic carbocycles. The van der Waals surface area contributed by atoms with Gasteiger partial charge in [0.15, 0.2) is 0 Å². The molecule has 0 unspecified atom stereocenters. The molecule has 6 nitrogen and oxygen atoms in total. The maximum absolute atomic E-state index is 10.3. The zero-order valence-corrected chi connectivity index (χ0v) is 21.4. The molecule has 180 valence electrons. The molecule has 31 heavy (non-hydrogen) atoms. The molecule has 0 radical (unpaired) electrons. The van der Waals surface area contributed by atoms with Gasteiger partial charge in [-0.2, -0.15) is 5.10 Å². The second kappa shape index (κ2) is 22.5. The van der Waals surface area contributed by atoms with Crippen molar-refractivity contribution in [2.24, 2.45) is 10.5 Å². The molecule has 1 aliphatic heterocycles. The predicted octanol–water partition coefficient (Wildman–Crippen LogP) is 5.62. The summed E-state index contributed by atoms with van der Waals surface area (Å²) in [6.07, 6.45) is 8.44. The van der Waals surface area contributed by atoms with Gasteiger partial charge in [-0.15, -0.1) is 0 Å². The fourth-order valence-corrected chi connectivity index (χ4v) is 2.31. The molecule has 0 aromatic heterocycles. The van der Waals surface area contributed by atoms with E-state index in [1.165, 1.54) is 12.8 Å². The molecule has 0 aromatic rings. The Morgan fingerprint density at radius 3 is 2.00 bits per heavy atom. The van der Waals surface area contributed by atoms with E-state index in [9.17, 15) is 4.79 Å². The van der Waals surface area contributed by atoms with Crippen LogP contribution in [0, 0.1) is 5.41 Å². The Morgan fingerprint density at radius 1 is 1.13 bits per heavy atom. The number of ether oxygens (including phenoxy) is 1. The van der Waals surface area contributed by atoms with Gasteiger partial charge in [0, 0.05) is 31.8 Å². The van der Waals surface area contributed by atoms with Crippen molar-refractivity contribution < 1.29 is 9.53 Å². The lowest BCUT2D eigenvalue weighted by Gasteiger charge is -2.30. The molecular weight excluding hydrogens is 388 g/mol. The number of hydrogen-bond acceptors (Lipinski definition) is 6. The van der Waals surface area contributed by atoms with Crippen molar-refractivity contribution >= 4 is 13.2 Å². The highest BCUT2D eigenvalue weighted by molar-refractivity contribution is 5.39. The number of carbonyl (C=O) groups excluding carboxylic acids is 1. The summed E-state index contributed by atoms with van der Waals surface area (Å²) in [5.74, 6) is 0. The second-order valence-corrected chi connectivity index (χ2v) is 7.18. The van der Waals surface area contributed by atoms with Crippen molar-refractivity contribution in [1.29, 1.82) is 0 Å². The SMILES string of the molecule is C1CCNNC1.C=NN(CC(C)(C)COC=O)C(=C)/C=C(\C)C(=C)/C=C/C.CC.CC. The summed E-state index contributed by atoms with van der Waals surface area (Å²) in [7, 11) is 0. The van der Waals surface area contributed by atoms with Crippen LogP contribution in [0.4, 0.5) is 0 Å². The molecular formula is C25H48N4O2. The van der Waals surface area contributed by atoms with E-state index in [1.807, 2.05) is 73.6 Å². The molecule has 6 heteroatoms. The fraction of sp³-hybridized carbons (Fsp3) is 0.600. The molecule has 2 N–H and O–H groups in total. The van der Waals surface area contributed by atoms with E-state index < -0.39 is 0 Å². The minimum Gasteiger partial charge on any atom is -0.467 e. The van der Waals surface area contributed by atoms with Crippen LogP contribution in [0.5, 0.6) is 0 Å². The van der Waals surface area contributed by atoms with Crippen LogP contribution in [0.3, 0.4) is 0 Å². The van der Waals surface area contributed by atoms with Gasteiger partial charge in [-0.05, 0) is 43.9 Å². The molecule has 0 aliphatic carbocycles. The Bertz CT molecular complexity index is 536. The Kier molecular flexibility index (Phi) is 24.3. The molecule has 1 aliphatic rings. The van der Waals surface area contributed by atoms with Crippen LogP contribution in [-0.2, 0) is 9.53 Å². The Morgan fingerprint density at radius 2 is 1.65 bits per heavy atom. The molecule has 1 heterocycles. The molecule has 1 saturated heterocycles. The largest absolute Gasteiger partial charge is 0.467 e. The zero-order chi connectivity index (χ0) is 24.7. The van der Waals surface area contributed by atoms with Crippen LogP contribution < -0.4 is 10.9 Å². The van der Waals surface area contributed by atoms with Gasteiger partial charge in [0.1, 0.15) is 0 Å². The molecule has 0 spiro atoms. The van der Waals surface area contributed by atoms with Gasteiger partial charge in [0.05, 0.1) is 12.3 Å². The van der Waals surface area contributed by atoms with Gasteiger partial charge in [-0.1, -0.05) is 66.9 Å². The van der Waals surface area contributed by atoms with Gasteiger partial charge >= 0.3 is 0 Å². The third-order valence-electron chi connectivity index (χ3n) is 3.86. The molecule has 1 rings (SSSR count). The van der Waals surface area contributed by atoms with Gasteiger partial charge in [-0.3, -0.25) is 20.7 Å². The Labute approximate surface area is 192 Å². The molecule has 0 amide bonds. The minimum atomic E-state index is -0.257. The van der Waals surface area contributed by atoms with E-state index in [1.54, 1.807) is 5.01 Å². The van der Waals surface area contributed by atoms with Crippen LogP contribution in [0.15, 0.2) is 53.3 Å². The van der Waals surface area contributed by atoms with E-state index in [-0.39, 0.29) is 5.41 Å². The number of allylic oxidation sites excluding steroid dienone is 5. The average molecular weight is 437 g/mol. The number of hydrazine groups is 1. The van der Waals surface area contributed by atoms with Gasteiger partial charge in [0.25, 0.3) is 6.47 Å². The summed E-state index contributed by atoms with van der Waals surface area (Å²) < 4.78 is 4.84. The lowest BCUT2D eigenvalue weighted by atomic mass is 9.94. The first-order chi connectivity index (χ1) is 14.8. The van der Waals surface area contributed by atoms with E-state index in [4.69, 9.17) is 4.74 Å². The summed E-state index contributed by atoms with van der Waals surface area (Å²) >= 11 is 0. The quantitative estimate of drug-likeness (QED) is 0.201. The second-order valence-electron chi connectivity index (χ2n) is 7.18. The van der Waals surface area contributed by atoms with E-state index in [2.05, 4.69) is 35.8 Å². The first-order valence-corrected chi connectivity index (χ1v) is 11.2. The van der Waals surface area contributed by atoms with Crippen LogP contribution in [-0.4, -0.2) is 44.4 Å². The number of hydrazone groups is 1. The fourth-order valence-electron chi connectivity index (χ4n) is 2.31. The van der Waals surface area contributed by atoms with Crippen LogP contribution in [0.25, 0.3) is 0 Å². The summed E-state index contributed by atoms with van der Waals surface area (Å²) in [5, 5.41) is 5.68. The average Bonchev–Trinajstić information content (AvgIpc) is 2.80. The van der Waals surface area contributed by atoms with Crippen LogP contribution >= 0.6 is 0 Å². The maximum Gasteiger partial charge on any atom is 0.293 e. The molecule has 0 saturated carbocycles. The highest BCUT2D eigenvalue weighted by Gasteiger charge is 2.23. The Hall–Kier alpha value is -2.18. The molecule has 0 bridgehead atoms. The smallest absolute Gasteiger partial charge is 0.293 e. The number of hydrogen-bond donors (Lipinski definition) is 2. The van der Waals surface area contributed by atoms with Crippen molar-refractivity contribution in [3.8, 4) is 0 Å². The van der Waals surface area contributed by atoms with Crippen molar-refractivity contribution in [3.63, 3.8) is 0 Å². The zero-order valence-electron chi connectivity index (χ0n) is 21.4. The highest BCUT2D eigenvalue weighted by atomic mass is 16.5. The van der Waals surface area contributed by atoms with Gasteiger partial charge in [-0.25, -0.2) is 0 Å². The minimum absolute atomic E-state index is 0.257. The summed E-state index contributed by atoms with van der Waals surface area (Å²) in [5.41, 5.74) is 8.46. The Balaban J connectivity index is -0.000000647. The topological polar surface area (TPSA) is 66.0 Å². The molecule has 1 fully saturated rings. The normalized spacial score (nSPS) is 13.2.